The molecule has 0 bridgehead atoms. The van der Waals surface area contributed by atoms with Gasteiger partial charge in [0.25, 0.3) is 0 Å². The molecule has 1 fully saturated rings. The van der Waals surface area contributed by atoms with Gasteiger partial charge in [-0.15, -0.1) is 0 Å². The maximum Gasteiger partial charge on any atom is 0.353 e. The van der Waals surface area contributed by atoms with Gasteiger partial charge in [-0.3, -0.25) is 10.1 Å². The molecule has 1 aromatic heterocycles. The second-order valence-corrected chi connectivity index (χ2v) is 7.16. The van der Waals surface area contributed by atoms with Crippen LogP contribution in [-0.4, -0.2) is 20.9 Å². The van der Waals surface area contributed by atoms with E-state index in [1.54, 1.807) is 0 Å². The van der Waals surface area contributed by atoms with Crippen LogP contribution in [0.25, 0.3) is 10.8 Å². The zero-order valence-corrected chi connectivity index (χ0v) is 15.6. The third-order valence-corrected chi connectivity index (χ3v) is 5.24. The minimum atomic E-state index is -0.410. The second kappa shape index (κ2) is 8.21. The van der Waals surface area contributed by atoms with E-state index in [9.17, 15) is 10.1 Å². The molecule has 7 nitrogen and oxygen atoms in total. The summed E-state index contributed by atoms with van der Waals surface area (Å²) in [6.45, 7) is 0. The van der Waals surface area contributed by atoms with E-state index in [2.05, 4.69) is 20.6 Å². The van der Waals surface area contributed by atoms with E-state index in [0.29, 0.717) is 0 Å². The first kappa shape index (κ1) is 18.2. The number of rotatable bonds is 5. The van der Waals surface area contributed by atoms with Crippen molar-refractivity contribution in [2.24, 2.45) is 0 Å². The van der Waals surface area contributed by atoms with Gasteiger partial charge in [0.15, 0.2) is 0 Å². The minimum Gasteiger partial charge on any atom is -0.361 e. The van der Waals surface area contributed by atoms with Gasteiger partial charge in [0.1, 0.15) is 6.33 Å². The summed E-state index contributed by atoms with van der Waals surface area (Å²) in [5.74, 6) is 0.488. The lowest BCUT2D eigenvalue weighted by molar-refractivity contribution is -0.383. The van der Waals surface area contributed by atoms with Gasteiger partial charge in [-0.05, 0) is 24.3 Å². The molecule has 0 radical (unpaired) electrons. The highest BCUT2D eigenvalue weighted by atomic mass is 16.6. The molecule has 28 heavy (non-hydrogen) atoms. The van der Waals surface area contributed by atoms with Crippen molar-refractivity contribution in [3.63, 3.8) is 0 Å². The average Bonchev–Trinajstić information content (AvgIpc) is 2.97. The highest BCUT2D eigenvalue weighted by molar-refractivity contribution is 5.96. The summed E-state index contributed by atoms with van der Waals surface area (Å²) in [6.07, 6.45) is 8.10. The Hall–Kier alpha value is -3.22. The molecule has 0 aliphatic heterocycles. The largest absolute Gasteiger partial charge is 0.361 e. The summed E-state index contributed by atoms with van der Waals surface area (Å²) in [5.41, 5.74) is 0.667. The summed E-state index contributed by atoms with van der Waals surface area (Å²) in [4.78, 5) is 19.8. The van der Waals surface area contributed by atoms with Crippen LogP contribution in [0.1, 0.15) is 38.5 Å². The first-order valence-corrected chi connectivity index (χ1v) is 9.73. The van der Waals surface area contributed by atoms with Crippen molar-refractivity contribution in [2.45, 2.75) is 44.6 Å². The molecule has 0 amide bonds. The van der Waals surface area contributed by atoms with Gasteiger partial charge in [0.2, 0.25) is 11.6 Å². The topological polar surface area (TPSA) is 93.0 Å². The van der Waals surface area contributed by atoms with Gasteiger partial charge < -0.3 is 10.6 Å². The van der Waals surface area contributed by atoms with Crippen LogP contribution >= 0.6 is 0 Å². The van der Waals surface area contributed by atoms with Gasteiger partial charge in [-0.25, -0.2) is 9.97 Å². The van der Waals surface area contributed by atoms with E-state index in [1.807, 2.05) is 42.5 Å². The number of benzene rings is 2. The van der Waals surface area contributed by atoms with E-state index in [-0.39, 0.29) is 23.4 Å². The molecule has 144 valence electrons. The fourth-order valence-corrected chi connectivity index (χ4v) is 3.83. The molecule has 0 atom stereocenters. The number of hydrogen-bond donors (Lipinski definition) is 2. The van der Waals surface area contributed by atoms with E-state index in [0.717, 1.165) is 42.1 Å². The highest BCUT2D eigenvalue weighted by Gasteiger charge is 2.25. The van der Waals surface area contributed by atoms with E-state index < -0.39 is 4.92 Å². The van der Waals surface area contributed by atoms with Crippen molar-refractivity contribution in [3.05, 3.63) is 58.9 Å². The smallest absolute Gasteiger partial charge is 0.353 e. The quantitative estimate of drug-likeness (QED) is 0.350. The fraction of sp³-hybridized carbons (Fsp3) is 0.333. The summed E-state index contributed by atoms with van der Waals surface area (Å²) >= 11 is 0. The lowest BCUT2D eigenvalue weighted by atomic mass is 10.1. The summed E-state index contributed by atoms with van der Waals surface area (Å²) in [5, 5.41) is 20.3. The predicted octanol–water partition coefficient (Wildman–Crippen LogP) is 5.42. The third kappa shape index (κ3) is 3.88. The van der Waals surface area contributed by atoms with Crippen LogP contribution in [0.4, 0.5) is 23.0 Å². The van der Waals surface area contributed by atoms with Crippen LogP contribution < -0.4 is 10.6 Å². The van der Waals surface area contributed by atoms with Gasteiger partial charge in [-0.2, -0.15) is 0 Å². The molecule has 0 unspecified atom stereocenters. The zero-order valence-electron chi connectivity index (χ0n) is 15.6. The Morgan fingerprint density at radius 2 is 1.64 bits per heavy atom. The fourth-order valence-electron chi connectivity index (χ4n) is 3.83. The molecular weight excluding hydrogens is 354 g/mol. The predicted molar refractivity (Wildman–Crippen MR) is 111 cm³/mol. The van der Waals surface area contributed by atoms with Crippen LogP contribution in [0.5, 0.6) is 0 Å². The maximum absolute atomic E-state index is 11.9. The van der Waals surface area contributed by atoms with Crippen LogP contribution in [0.15, 0.2) is 48.8 Å². The Kier molecular flexibility index (Phi) is 5.32. The van der Waals surface area contributed by atoms with Crippen molar-refractivity contribution >= 4 is 33.8 Å². The number of hydrogen-bond acceptors (Lipinski definition) is 6. The Bertz CT molecular complexity index is 978. The van der Waals surface area contributed by atoms with Crippen molar-refractivity contribution in [1.29, 1.82) is 0 Å². The second-order valence-electron chi connectivity index (χ2n) is 7.16. The normalized spacial score (nSPS) is 15.1. The van der Waals surface area contributed by atoms with Crippen LogP contribution in [0.3, 0.4) is 0 Å². The summed E-state index contributed by atoms with van der Waals surface area (Å²) in [7, 11) is 0. The maximum atomic E-state index is 11.9. The van der Waals surface area contributed by atoms with Crippen LogP contribution in [-0.2, 0) is 0 Å². The molecule has 1 aliphatic rings. The summed E-state index contributed by atoms with van der Waals surface area (Å²) < 4.78 is 0. The highest BCUT2D eigenvalue weighted by Crippen LogP contribution is 2.34. The molecule has 0 spiro atoms. The molecular formula is C21H23N5O2. The zero-order chi connectivity index (χ0) is 19.3. The van der Waals surface area contributed by atoms with Gasteiger partial charge in [0.05, 0.1) is 4.92 Å². The third-order valence-electron chi connectivity index (χ3n) is 5.24. The monoisotopic (exact) mass is 377 g/mol. The molecule has 4 rings (SSSR count). The van der Waals surface area contributed by atoms with Crippen LogP contribution in [0.2, 0.25) is 0 Å². The first-order chi connectivity index (χ1) is 13.7. The van der Waals surface area contributed by atoms with Crippen molar-refractivity contribution < 1.29 is 4.92 Å². The molecule has 0 saturated heterocycles. The number of aromatic nitrogens is 2. The van der Waals surface area contributed by atoms with Crippen molar-refractivity contribution in [3.8, 4) is 0 Å². The van der Waals surface area contributed by atoms with Crippen LogP contribution in [0, 0.1) is 10.1 Å². The molecule has 2 N–H and O–H groups in total. The molecule has 3 aromatic rings. The van der Waals surface area contributed by atoms with Crippen molar-refractivity contribution in [2.75, 3.05) is 10.6 Å². The lowest BCUT2D eigenvalue weighted by Gasteiger charge is -2.17. The molecule has 1 heterocycles. The average molecular weight is 377 g/mol. The van der Waals surface area contributed by atoms with E-state index >= 15 is 0 Å². The Morgan fingerprint density at radius 3 is 2.43 bits per heavy atom. The van der Waals surface area contributed by atoms with Gasteiger partial charge >= 0.3 is 5.69 Å². The van der Waals surface area contributed by atoms with Gasteiger partial charge in [0, 0.05) is 17.1 Å². The van der Waals surface area contributed by atoms with E-state index in [4.69, 9.17) is 0 Å². The molecule has 1 aliphatic carbocycles. The number of fused-ring (bicyclic) bond motifs is 1. The Balaban J connectivity index is 1.68. The molecule has 1 saturated carbocycles. The number of nitro groups is 1. The van der Waals surface area contributed by atoms with E-state index in [1.165, 1.54) is 19.2 Å². The first-order valence-electron chi connectivity index (χ1n) is 9.73. The van der Waals surface area contributed by atoms with Gasteiger partial charge in [-0.1, -0.05) is 62.1 Å². The number of nitrogens with zero attached hydrogens (tertiary/aromatic N) is 3. The molecule has 7 heteroatoms. The standard InChI is InChI=1S/C21H23N5O2/c27-26(28)19-20(24-16-10-3-1-2-4-11-16)22-14-23-21(19)25-18-13-7-9-15-8-5-6-12-17(15)18/h5-9,12-14,16H,1-4,10-11H2,(H2,22,23,24,25). The number of nitrogens with one attached hydrogen (secondary N) is 2. The minimum absolute atomic E-state index is 0.111. The number of anilines is 3. The SMILES string of the molecule is O=[N+]([O-])c1c(Nc2cccc3ccccc23)ncnc1NC1CCCCCC1. The Labute approximate surface area is 163 Å². The van der Waals surface area contributed by atoms with Crippen molar-refractivity contribution in [1.82, 2.24) is 9.97 Å². The summed E-state index contributed by atoms with van der Waals surface area (Å²) in [6, 6.07) is 13.9. The Morgan fingerprint density at radius 1 is 0.929 bits per heavy atom. The molecule has 2 aromatic carbocycles. The lowest BCUT2D eigenvalue weighted by Crippen LogP contribution is -2.20.